The molecule has 1 aromatic carbocycles. The lowest BCUT2D eigenvalue weighted by molar-refractivity contribution is 0.0933. The Balaban J connectivity index is 1.43. The molecule has 0 radical (unpaired) electrons. The molecular weight excluding hydrogens is 418 g/mol. The number of fused-ring (bicyclic) bond motifs is 1. The molecule has 2 N–H and O–H groups in total. The Bertz CT molecular complexity index is 896. The van der Waals surface area contributed by atoms with E-state index in [1.165, 1.54) is 24.6 Å². The minimum Gasteiger partial charge on any atom is -0.349 e. The van der Waals surface area contributed by atoms with Gasteiger partial charge in [-0.25, -0.2) is 8.42 Å². The molecule has 1 saturated heterocycles. The molecule has 2 aliphatic heterocycles. The number of nitrogens with zero attached hydrogens (tertiary/aromatic N) is 1. The van der Waals surface area contributed by atoms with Crippen LogP contribution in [0.1, 0.15) is 48.9 Å². The van der Waals surface area contributed by atoms with Crippen molar-refractivity contribution in [2.45, 2.75) is 55.9 Å². The van der Waals surface area contributed by atoms with Gasteiger partial charge in [0.15, 0.2) is 15.0 Å². The summed E-state index contributed by atoms with van der Waals surface area (Å²) in [4.78, 5) is 17.2. The van der Waals surface area contributed by atoms with E-state index in [0.717, 1.165) is 25.7 Å². The van der Waals surface area contributed by atoms with Crippen molar-refractivity contribution >= 4 is 50.0 Å². The molecular formula is C19H24ClN3O3S2. The van der Waals surface area contributed by atoms with Crippen LogP contribution in [-0.2, 0) is 9.84 Å². The van der Waals surface area contributed by atoms with Crippen LogP contribution in [0.5, 0.6) is 0 Å². The van der Waals surface area contributed by atoms with Crippen LogP contribution in [-0.4, -0.2) is 48.3 Å². The molecule has 0 bridgehead atoms. The predicted octanol–water partition coefficient (Wildman–Crippen LogP) is 3.47. The quantitative estimate of drug-likeness (QED) is 0.701. The Hall–Kier alpha value is -1.25. The van der Waals surface area contributed by atoms with Crippen molar-refractivity contribution in [3.05, 3.63) is 28.8 Å². The maximum atomic E-state index is 12.7. The van der Waals surface area contributed by atoms with Gasteiger partial charge in [-0.3, -0.25) is 9.79 Å². The summed E-state index contributed by atoms with van der Waals surface area (Å²) in [6.07, 6.45) is 6.86. The second-order valence-corrected chi connectivity index (χ2v) is 11.5. The van der Waals surface area contributed by atoms with Crippen molar-refractivity contribution in [1.82, 2.24) is 5.32 Å². The zero-order valence-corrected chi connectivity index (χ0v) is 17.9. The van der Waals surface area contributed by atoms with E-state index < -0.39 is 9.84 Å². The number of amides is 1. The average Bonchev–Trinajstić information content (AvgIpc) is 2.98. The predicted molar refractivity (Wildman–Crippen MR) is 115 cm³/mol. The highest BCUT2D eigenvalue weighted by Gasteiger charge is 2.42. The van der Waals surface area contributed by atoms with Gasteiger partial charge < -0.3 is 10.6 Å². The van der Waals surface area contributed by atoms with E-state index in [1.54, 1.807) is 18.2 Å². The van der Waals surface area contributed by atoms with Crippen LogP contribution in [0, 0.1) is 0 Å². The number of sulfone groups is 1. The summed E-state index contributed by atoms with van der Waals surface area (Å²) in [6, 6.07) is 5.21. The molecule has 0 aromatic heterocycles. The normalized spacial score (nSPS) is 27.0. The third kappa shape index (κ3) is 4.66. The standard InChI is InChI=1S/C19H24ClN3O3S2/c20-14-8-7-12(18(24)21-13-5-3-1-2-4-6-13)9-15(14)22-19-23-16-10-28(25,26)11-17(16)27-19/h7-9,13,16-17H,1-6,10-11H2,(H,21,24)(H,22,23). The third-order valence-corrected chi connectivity index (χ3v) is 8.95. The van der Waals surface area contributed by atoms with Crippen LogP contribution in [0.15, 0.2) is 23.2 Å². The number of carbonyl (C=O) groups excluding carboxylic acids is 1. The summed E-state index contributed by atoms with van der Waals surface area (Å²) in [5.74, 6) is 0.178. The van der Waals surface area contributed by atoms with Gasteiger partial charge in [0.2, 0.25) is 0 Å². The van der Waals surface area contributed by atoms with E-state index in [-0.39, 0.29) is 34.7 Å². The van der Waals surface area contributed by atoms with Crippen LogP contribution >= 0.6 is 23.4 Å². The fraction of sp³-hybridized carbons (Fsp3) is 0.579. The Morgan fingerprint density at radius 2 is 1.89 bits per heavy atom. The number of benzene rings is 1. The van der Waals surface area contributed by atoms with Gasteiger partial charge in [-0.2, -0.15) is 0 Å². The number of carbonyl (C=O) groups is 1. The first-order valence-corrected chi connectivity index (χ1v) is 12.8. The van der Waals surface area contributed by atoms with Gasteiger partial charge in [0, 0.05) is 16.9 Å². The summed E-state index contributed by atoms with van der Waals surface area (Å²) < 4.78 is 23.4. The zero-order valence-electron chi connectivity index (χ0n) is 15.5. The number of hydrogen-bond acceptors (Lipinski definition) is 6. The van der Waals surface area contributed by atoms with Gasteiger partial charge in [-0.1, -0.05) is 49.0 Å². The second-order valence-electron chi connectivity index (χ2n) is 7.72. The molecule has 2 fully saturated rings. The molecule has 28 heavy (non-hydrogen) atoms. The molecule has 1 aliphatic carbocycles. The van der Waals surface area contributed by atoms with Crippen molar-refractivity contribution in [2.75, 3.05) is 16.8 Å². The maximum Gasteiger partial charge on any atom is 0.251 e. The molecule has 4 rings (SSSR count). The van der Waals surface area contributed by atoms with Gasteiger partial charge >= 0.3 is 0 Å². The molecule has 6 nitrogen and oxygen atoms in total. The largest absolute Gasteiger partial charge is 0.349 e. The first-order valence-electron chi connectivity index (χ1n) is 9.72. The van der Waals surface area contributed by atoms with Gasteiger partial charge in [-0.15, -0.1) is 0 Å². The highest BCUT2D eigenvalue weighted by atomic mass is 35.5. The molecule has 0 spiro atoms. The molecule has 152 valence electrons. The number of halogens is 1. The average molecular weight is 442 g/mol. The molecule has 9 heteroatoms. The summed E-state index contributed by atoms with van der Waals surface area (Å²) in [5, 5.41) is 7.45. The Kier molecular flexibility index (Phi) is 5.90. The van der Waals surface area contributed by atoms with E-state index in [9.17, 15) is 13.2 Å². The molecule has 1 saturated carbocycles. The molecule has 1 amide bonds. The lowest BCUT2D eigenvalue weighted by Gasteiger charge is -2.17. The smallest absolute Gasteiger partial charge is 0.251 e. The van der Waals surface area contributed by atoms with Crippen LogP contribution < -0.4 is 10.6 Å². The Labute approximate surface area is 174 Å². The molecule has 2 unspecified atom stereocenters. The van der Waals surface area contributed by atoms with Gasteiger partial charge in [-0.05, 0) is 31.0 Å². The Morgan fingerprint density at radius 3 is 2.61 bits per heavy atom. The topological polar surface area (TPSA) is 87.6 Å². The van der Waals surface area contributed by atoms with Crippen LogP contribution in [0.3, 0.4) is 0 Å². The minimum atomic E-state index is -2.98. The highest BCUT2D eigenvalue weighted by molar-refractivity contribution is 8.15. The van der Waals surface area contributed by atoms with Crippen molar-refractivity contribution in [3.8, 4) is 0 Å². The summed E-state index contributed by atoms with van der Waals surface area (Å²) in [7, 11) is -2.98. The van der Waals surface area contributed by atoms with Crippen LogP contribution in [0.25, 0.3) is 0 Å². The number of nitrogens with one attached hydrogen (secondary N) is 2. The number of rotatable bonds is 3. The SMILES string of the molecule is O=C(NC1CCCCCC1)c1ccc(Cl)c(NC2=NC3CS(=O)(=O)CC3S2)c1. The lowest BCUT2D eigenvalue weighted by atomic mass is 10.1. The van der Waals surface area contributed by atoms with Gasteiger partial charge in [0.1, 0.15) is 0 Å². The number of anilines is 1. The summed E-state index contributed by atoms with van der Waals surface area (Å²) in [6.45, 7) is 0. The summed E-state index contributed by atoms with van der Waals surface area (Å²) in [5.41, 5.74) is 1.17. The fourth-order valence-corrected chi connectivity index (χ4v) is 7.82. The zero-order chi connectivity index (χ0) is 19.7. The van der Waals surface area contributed by atoms with Crippen molar-refractivity contribution in [2.24, 2.45) is 4.99 Å². The second kappa shape index (κ2) is 8.24. The van der Waals surface area contributed by atoms with Crippen molar-refractivity contribution < 1.29 is 13.2 Å². The summed E-state index contributed by atoms with van der Waals surface area (Å²) >= 11 is 7.74. The number of hydrogen-bond donors (Lipinski definition) is 2. The van der Waals surface area contributed by atoms with Gasteiger partial charge in [0.05, 0.1) is 28.3 Å². The molecule has 3 aliphatic rings. The van der Waals surface area contributed by atoms with Gasteiger partial charge in [0.25, 0.3) is 5.91 Å². The van der Waals surface area contributed by atoms with E-state index in [4.69, 9.17) is 11.6 Å². The lowest BCUT2D eigenvalue weighted by Crippen LogP contribution is -2.34. The monoisotopic (exact) mass is 441 g/mol. The minimum absolute atomic E-state index is 0.0343. The maximum absolute atomic E-state index is 12.7. The van der Waals surface area contributed by atoms with E-state index in [2.05, 4.69) is 15.6 Å². The molecule has 1 aromatic rings. The first kappa shape index (κ1) is 20.0. The van der Waals surface area contributed by atoms with Crippen molar-refractivity contribution in [3.63, 3.8) is 0 Å². The van der Waals surface area contributed by atoms with E-state index in [0.29, 0.717) is 21.4 Å². The first-order chi connectivity index (χ1) is 13.4. The number of amidine groups is 1. The Morgan fingerprint density at radius 1 is 1.14 bits per heavy atom. The highest BCUT2D eigenvalue weighted by Crippen LogP contribution is 2.35. The van der Waals surface area contributed by atoms with Crippen LogP contribution in [0.2, 0.25) is 5.02 Å². The van der Waals surface area contributed by atoms with E-state index >= 15 is 0 Å². The third-order valence-electron chi connectivity index (χ3n) is 5.48. The fourth-order valence-electron chi connectivity index (χ4n) is 3.99. The molecule has 2 heterocycles. The van der Waals surface area contributed by atoms with E-state index in [1.807, 2.05) is 0 Å². The van der Waals surface area contributed by atoms with Crippen molar-refractivity contribution in [1.29, 1.82) is 0 Å². The number of aliphatic imine (C=N–C) groups is 1. The molecule has 2 atom stereocenters. The number of thioether (sulfide) groups is 1. The van der Waals surface area contributed by atoms with Crippen LogP contribution in [0.4, 0.5) is 5.69 Å².